The Morgan fingerprint density at radius 2 is 1.76 bits per heavy atom. The van der Waals surface area contributed by atoms with Gasteiger partial charge in [-0.25, -0.2) is 4.79 Å². The third kappa shape index (κ3) is 6.00. The van der Waals surface area contributed by atoms with E-state index >= 15 is 0 Å². The van der Waals surface area contributed by atoms with Crippen LogP contribution < -0.4 is 9.47 Å². The van der Waals surface area contributed by atoms with E-state index in [0.717, 1.165) is 23.5 Å². The number of fused-ring (bicyclic) bond motifs is 1. The van der Waals surface area contributed by atoms with Crippen molar-refractivity contribution >= 4 is 41.4 Å². The predicted octanol–water partition coefficient (Wildman–Crippen LogP) is 3.17. The molecule has 1 aromatic rings. The summed E-state index contributed by atoms with van der Waals surface area (Å²) in [6.07, 6.45) is -0.226. The Balaban J connectivity index is 2.37. The highest BCUT2D eigenvalue weighted by atomic mass is 32.2. The molecule has 2 rings (SSSR count). The summed E-state index contributed by atoms with van der Waals surface area (Å²) in [6.45, 7) is 4.43. The van der Waals surface area contributed by atoms with Crippen molar-refractivity contribution in [2.75, 3.05) is 6.61 Å². The number of hydrogen-bond donors (Lipinski definition) is 1. The Morgan fingerprint density at radius 1 is 1.17 bits per heavy atom. The van der Waals surface area contributed by atoms with Crippen LogP contribution >= 0.6 is 23.5 Å². The number of esters is 3. The van der Waals surface area contributed by atoms with Gasteiger partial charge in [0.1, 0.15) is 17.6 Å². The van der Waals surface area contributed by atoms with Crippen molar-refractivity contribution in [2.45, 2.75) is 49.5 Å². The summed E-state index contributed by atoms with van der Waals surface area (Å²) in [5, 5.41) is 18.7. The highest BCUT2D eigenvalue weighted by Gasteiger charge is 2.31. The number of thioether (sulfide) groups is 2. The highest BCUT2D eigenvalue weighted by molar-refractivity contribution is 8.24. The van der Waals surface area contributed by atoms with E-state index < -0.39 is 24.0 Å². The monoisotopic (exact) mass is 437 g/mol. The largest absolute Gasteiger partial charge is 0.461 e. The van der Waals surface area contributed by atoms with Crippen molar-refractivity contribution in [1.29, 1.82) is 5.26 Å². The normalized spacial score (nSPS) is 15.0. The molecule has 154 valence electrons. The van der Waals surface area contributed by atoms with Gasteiger partial charge in [-0.2, -0.15) is 5.26 Å². The number of hydrogen-bond acceptors (Lipinski definition) is 10. The molecule has 29 heavy (non-hydrogen) atoms. The molecular formula is C19H19NO7S2. The molecular weight excluding hydrogens is 418 g/mol. The second-order valence-electron chi connectivity index (χ2n) is 5.89. The van der Waals surface area contributed by atoms with Crippen LogP contribution in [-0.2, 0) is 19.1 Å². The molecule has 1 N–H and O–H groups in total. The van der Waals surface area contributed by atoms with Gasteiger partial charge >= 0.3 is 17.9 Å². The molecule has 10 heteroatoms. The lowest BCUT2D eigenvalue weighted by molar-refractivity contribution is -0.139. The second-order valence-corrected chi connectivity index (χ2v) is 8.19. The number of nitrogens with zero attached hydrogens (tertiary/aromatic N) is 1. The van der Waals surface area contributed by atoms with Crippen LogP contribution in [0.3, 0.4) is 0 Å². The molecule has 1 aliphatic heterocycles. The number of ether oxygens (including phenoxy) is 3. The Kier molecular flexibility index (Phi) is 8.13. The first-order valence-corrected chi connectivity index (χ1v) is 10.3. The predicted molar refractivity (Wildman–Crippen MR) is 105 cm³/mol. The molecule has 0 fully saturated rings. The summed E-state index contributed by atoms with van der Waals surface area (Å²) in [5.41, 5.74) is -0.219. The number of aliphatic hydroxyl groups excluding tert-OH is 1. The molecule has 1 heterocycles. The fourth-order valence-electron chi connectivity index (χ4n) is 2.11. The number of carbonyl (C=O) groups is 3. The molecule has 0 amide bonds. The van der Waals surface area contributed by atoms with Crippen LogP contribution in [0.15, 0.2) is 31.7 Å². The summed E-state index contributed by atoms with van der Waals surface area (Å²) < 4.78 is 15.9. The number of carbonyl (C=O) groups excluding carboxylic acids is 3. The van der Waals surface area contributed by atoms with Gasteiger partial charge in [-0.05, 0) is 19.1 Å². The van der Waals surface area contributed by atoms with Gasteiger partial charge in [0.05, 0.1) is 26.7 Å². The Morgan fingerprint density at radius 3 is 2.24 bits per heavy atom. The Labute approximate surface area is 176 Å². The van der Waals surface area contributed by atoms with E-state index in [4.69, 9.17) is 14.2 Å². The van der Waals surface area contributed by atoms with Crippen molar-refractivity contribution in [3.05, 3.63) is 21.9 Å². The first kappa shape index (κ1) is 22.8. The second kappa shape index (κ2) is 10.3. The zero-order valence-electron chi connectivity index (χ0n) is 16.0. The van der Waals surface area contributed by atoms with Crippen LogP contribution in [0, 0.1) is 11.3 Å². The molecule has 0 saturated heterocycles. The van der Waals surface area contributed by atoms with E-state index in [1.54, 1.807) is 13.8 Å². The van der Waals surface area contributed by atoms with Crippen molar-refractivity contribution in [3.63, 3.8) is 0 Å². The molecule has 0 spiro atoms. The minimum atomic E-state index is -0.822. The standard InChI is InChI=1S/C19H19NO7S2/c1-4-15(23)27-14-6-5-13(26-11(3)22)16-17(14)29-19(28-16)12(9-20)18(24)25-8-7-10(2)21/h5-6,10,21H,4,7-8H2,1-3H3/b19-12-. The van der Waals surface area contributed by atoms with Gasteiger partial charge in [0.25, 0.3) is 0 Å². The van der Waals surface area contributed by atoms with Crippen molar-refractivity contribution in [1.82, 2.24) is 0 Å². The number of aliphatic hydroxyl groups is 1. The van der Waals surface area contributed by atoms with Gasteiger partial charge in [0.15, 0.2) is 5.57 Å². The van der Waals surface area contributed by atoms with Crippen LogP contribution in [0.2, 0.25) is 0 Å². The molecule has 0 saturated carbocycles. The van der Waals surface area contributed by atoms with E-state index in [1.807, 2.05) is 6.07 Å². The van der Waals surface area contributed by atoms with Crippen molar-refractivity contribution in [2.24, 2.45) is 0 Å². The Hall–Kier alpha value is -2.48. The number of rotatable bonds is 7. The van der Waals surface area contributed by atoms with Gasteiger partial charge < -0.3 is 19.3 Å². The van der Waals surface area contributed by atoms with Crippen LogP contribution in [-0.4, -0.2) is 35.7 Å². The fraction of sp³-hybridized carbons (Fsp3) is 0.368. The van der Waals surface area contributed by atoms with Crippen molar-refractivity contribution < 1.29 is 33.7 Å². The maximum absolute atomic E-state index is 12.3. The Bertz CT molecular complexity index is 903. The molecule has 1 aliphatic rings. The summed E-state index contributed by atoms with van der Waals surface area (Å²) >= 11 is 2.11. The topological polar surface area (TPSA) is 123 Å². The summed E-state index contributed by atoms with van der Waals surface area (Å²) in [6, 6.07) is 4.82. The minimum absolute atomic E-state index is 0.0324. The van der Waals surface area contributed by atoms with E-state index in [2.05, 4.69) is 0 Å². The highest BCUT2D eigenvalue weighted by Crippen LogP contribution is 2.59. The quantitative estimate of drug-likeness (QED) is 0.294. The third-order valence-corrected chi connectivity index (χ3v) is 6.11. The summed E-state index contributed by atoms with van der Waals surface area (Å²) in [7, 11) is 0. The summed E-state index contributed by atoms with van der Waals surface area (Å²) in [4.78, 5) is 36.3. The number of benzene rings is 1. The van der Waals surface area contributed by atoms with Crippen LogP contribution in [0.25, 0.3) is 0 Å². The van der Waals surface area contributed by atoms with Gasteiger partial charge in [0.2, 0.25) is 0 Å². The van der Waals surface area contributed by atoms with Gasteiger partial charge in [-0.1, -0.05) is 30.4 Å². The minimum Gasteiger partial charge on any atom is -0.461 e. The van der Waals surface area contributed by atoms with E-state index in [-0.39, 0.29) is 36.5 Å². The summed E-state index contributed by atoms with van der Waals surface area (Å²) in [5.74, 6) is -1.33. The first-order valence-electron chi connectivity index (χ1n) is 8.68. The number of nitriles is 1. The lowest BCUT2D eigenvalue weighted by Gasteiger charge is -2.10. The SMILES string of the molecule is CCC(=O)Oc1ccc(OC(C)=O)c2c1S/C(=C(/C#N)C(=O)OCCC(C)O)S2. The smallest absolute Gasteiger partial charge is 0.350 e. The molecule has 0 aromatic heterocycles. The maximum Gasteiger partial charge on any atom is 0.350 e. The first-order chi connectivity index (χ1) is 13.8. The molecule has 1 aromatic carbocycles. The van der Waals surface area contributed by atoms with Crippen LogP contribution in [0.5, 0.6) is 11.5 Å². The van der Waals surface area contributed by atoms with Gasteiger partial charge in [0, 0.05) is 19.8 Å². The molecule has 1 atom stereocenters. The van der Waals surface area contributed by atoms with Crippen molar-refractivity contribution in [3.8, 4) is 17.6 Å². The lowest BCUT2D eigenvalue weighted by atomic mass is 10.3. The molecule has 1 unspecified atom stereocenters. The van der Waals surface area contributed by atoms with Crippen LogP contribution in [0.1, 0.15) is 33.6 Å². The average molecular weight is 437 g/mol. The molecule has 0 bridgehead atoms. The zero-order chi connectivity index (χ0) is 21.6. The average Bonchev–Trinajstić information content (AvgIpc) is 3.09. The molecule has 0 radical (unpaired) electrons. The van der Waals surface area contributed by atoms with E-state index in [9.17, 15) is 24.8 Å². The lowest BCUT2D eigenvalue weighted by Crippen LogP contribution is -2.12. The fourth-order valence-corrected chi connectivity index (χ4v) is 4.66. The van der Waals surface area contributed by atoms with E-state index in [1.165, 1.54) is 19.1 Å². The third-order valence-electron chi connectivity index (χ3n) is 3.48. The molecule has 0 aliphatic carbocycles. The van der Waals surface area contributed by atoms with Crippen LogP contribution in [0.4, 0.5) is 0 Å². The zero-order valence-corrected chi connectivity index (χ0v) is 17.6. The van der Waals surface area contributed by atoms with E-state index in [0.29, 0.717) is 14.0 Å². The molecule has 8 nitrogen and oxygen atoms in total. The maximum atomic E-state index is 12.3. The van der Waals surface area contributed by atoms with Gasteiger partial charge in [-0.15, -0.1) is 0 Å². The van der Waals surface area contributed by atoms with Gasteiger partial charge in [-0.3, -0.25) is 9.59 Å².